The number of carbonyl (C=O) groups is 4. The molecule has 0 heterocycles. The highest BCUT2D eigenvalue weighted by atomic mass is 35.5. The van der Waals surface area contributed by atoms with Crippen molar-refractivity contribution < 1.29 is 33.8 Å². The highest BCUT2D eigenvalue weighted by Gasteiger charge is 2.17. The van der Waals surface area contributed by atoms with Gasteiger partial charge >= 0.3 is 17.9 Å². The molecule has 0 radical (unpaired) electrons. The first-order chi connectivity index (χ1) is 11.2. The standard InChI is InChI=1S/C15H18N2O7.ClH/c1-8(18)23-12-4-3-10(6-13(12)24-9(2)19)5-11(16)15(22)17-7-14(20)21;/h3-4,6,11H,5,7,16H2,1-2H3,(H,17,22)(H,20,21);1H. The molecule has 0 aromatic heterocycles. The Balaban J connectivity index is 0.00000576. The van der Waals surface area contributed by atoms with Gasteiger partial charge in [-0.05, 0) is 24.1 Å². The SMILES string of the molecule is CC(=O)Oc1ccc(CC(N)C(=O)NCC(=O)O)cc1OC(C)=O.Cl. The van der Waals surface area contributed by atoms with Crippen molar-refractivity contribution in [2.24, 2.45) is 5.73 Å². The van der Waals surface area contributed by atoms with Gasteiger partial charge in [-0.2, -0.15) is 0 Å². The van der Waals surface area contributed by atoms with Crippen molar-refractivity contribution >= 4 is 36.2 Å². The van der Waals surface area contributed by atoms with E-state index in [0.717, 1.165) is 0 Å². The molecule has 0 fully saturated rings. The number of benzene rings is 1. The van der Waals surface area contributed by atoms with Crippen molar-refractivity contribution in [3.05, 3.63) is 23.8 Å². The lowest BCUT2D eigenvalue weighted by atomic mass is 10.1. The number of rotatable bonds is 7. The van der Waals surface area contributed by atoms with Crippen LogP contribution >= 0.6 is 12.4 Å². The van der Waals surface area contributed by atoms with Gasteiger partial charge in [0.2, 0.25) is 5.91 Å². The van der Waals surface area contributed by atoms with Gasteiger partial charge in [-0.1, -0.05) is 6.07 Å². The number of aliphatic carboxylic acids is 1. The maximum absolute atomic E-state index is 11.7. The van der Waals surface area contributed by atoms with E-state index in [1.54, 1.807) is 6.07 Å². The third-order valence-electron chi connectivity index (χ3n) is 2.72. The molecule has 1 aromatic carbocycles. The van der Waals surface area contributed by atoms with Crippen molar-refractivity contribution in [3.8, 4) is 11.5 Å². The van der Waals surface area contributed by atoms with Crippen LogP contribution in [0.5, 0.6) is 11.5 Å². The number of carbonyl (C=O) groups excluding carboxylic acids is 3. The third-order valence-corrected chi connectivity index (χ3v) is 2.72. The minimum atomic E-state index is -1.18. The minimum absolute atomic E-state index is 0. The molecule has 0 spiro atoms. The summed E-state index contributed by atoms with van der Waals surface area (Å²) >= 11 is 0. The molecular formula is C15H19ClN2O7. The van der Waals surface area contributed by atoms with E-state index in [-0.39, 0.29) is 30.3 Å². The second kappa shape index (κ2) is 10.3. The average Bonchev–Trinajstić information content (AvgIpc) is 2.46. The monoisotopic (exact) mass is 374 g/mol. The molecule has 1 atom stereocenters. The molecule has 0 aliphatic carbocycles. The van der Waals surface area contributed by atoms with Crippen LogP contribution in [0.3, 0.4) is 0 Å². The van der Waals surface area contributed by atoms with Gasteiger partial charge in [0.1, 0.15) is 6.54 Å². The van der Waals surface area contributed by atoms with Gasteiger partial charge in [-0.25, -0.2) is 0 Å². The molecule has 0 aliphatic rings. The van der Waals surface area contributed by atoms with E-state index in [1.807, 2.05) is 0 Å². The number of esters is 2. The molecule has 10 heteroatoms. The number of hydrogen-bond donors (Lipinski definition) is 3. The highest BCUT2D eigenvalue weighted by Crippen LogP contribution is 2.29. The number of carboxylic acids is 1. The maximum Gasteiger partial charge on any atom is 0.322 e. The molecule has 0 saturated heterocycles. The fourth-order valence-corrected chi connectivity index (χ4v) is 1.79. The van der Waals surface area contributed by atoms with Crippen LogP contribution in [0.15, 0.2) is 18.2 Å². The highest BCUT2D eigenvalue weighted by molar-refractivity contribution is 5.85. The van der Waals surface area contributed by atoms with E-state index < -0.39 is 36.4 Å². The van der Waals surface area contributed by atoms with Crippen molar-refractivity contribution in [2.75, 3.05) is 6.54 Å². The quantitative estimate of drug-likeness (QED) is 0.447. The Morgan fingerprint density at radius 3 is 2.20 bits per heavy atom. The van der Waals surface area contributed by atoms with Crippen molar-refractivity contribution in [2.45, 2.75) is 26.3 Å². The van der Waals surface area contributed by atoms with E-state index >= 15 is 0 Å². The Kier molecular flexibility index (Phi) is 9.18. The molecule has 1 aromatic rings. The lowest BCUT2D eigenvalue weighted by molar-refractivity contribution is -0.138. The molecule has 1 unspecified atom stereocenters. The molecule has 4 N–H and O–H groups in total. The lowest BCUT2D eigenvalue weighted by Crippen LogP contribution is -2.43. The van der Waals surface area contributed by atoms with Crippen molar-refractivity contribution in [1.82, 2.24) is 5.32 Å². The van der Waals surface area contributed by atoms with Gasteiger partial charge in [0.25, 0.3) is 0 Å². The molecule has 138 valence electrons. The topological polar surface area (TPSA) is 145 Å². The molecule has 0 bridgehead atoms. The Morgan fingerprint density at radius 1 is 1.12 bits per heavy atom. The maximum atomic E-state index is 11.7. The molecule has 1 rings (SSSR count). The second-order valence-electron chi connectivity index (χ2n) is 4.89. The summed E-state index contributed by atoms with van der Waals surface area (Å²) in [6, 6.07) is 3.39. The summed E-state index contributed by atoms with van der Waals surface area (Å²) < 4.78 is 9.90. The van der Waals surface area contributed by atoms with E-state index in [9.17, 15) is 19.2 Å². The molecule has 25 heavy (non-hydrogen) atoms. The van der Waals surface area contributed by atoms with Gasteiger partial charge in [-0.3, -0.25) is 19.2 Å². The summed E-state index contributed by atoms with van der Waals surface area (Å²) in [5, 5.41) is 10.7. The summed E-state index contributed by atoms with van der Waals surface area (Å²) in [6.07, 6.45) is 0.0695. The van der Waals surface area contributed by atoms with Crippen molar-refractivity contribution in [1.29, 1.82) is 0 Å². The summed E-state index contributed by atoms with van der Waals surface area (Å²) in [6.45, 7) is 1.86. The third kappa shape index (κ3) is 8.13. The normalized spacial score (nSPS) is 10.8. The van der Waals surface area contributed by atoms with E-state index in [1.165, 1.54) is 26.0 Å². The minimum Gasteiger partial charge on any atom is -0.480 e. The number of nitrogens with one attached hydrogen (secondary N) is 1. The molecule has 1 amide bonds. The molecule has 0 saturated carbocycles. The molecular weight excluding hydrogens is 356 g/mol. The van der Waals surface area contributed by atoms with Crippen LogP contribution in [-0.2, 0) is 25.6 Å². The Bertz CT molecular complexity index is 663. The lowest BCUT2D eigenvalue weighted by Gasteiger charge is -2.14. The molecule has 9 nitrogen and oxygen atoms in total. The predicted molar refractivity (Wildman–Crippen MR) is 88.6 cm³/mol. The fraction of sp³-hybridized carbons (Fsp3) is 0.333. The van der Waals surface area contributed by atoms with Crippen LogP contribution < -0.4 is 20.5 Å². The Morgan fingerprint density at radius 2 is 1.68 bits per heavy atom. The zero-order valence-electron chi connectivity index (χ0n) is 13.6. The van der Waals surface area contributed by atoms with E-state index in [2.05, 4.69) is 5.32 Å². The smallest absolute Gasteiger partial charge is 0.322 e. The van der Waals surface area contributed by atoms with Crippen LogP contribution in [0.25, 0.3) is 0 Å². The second-order valence-corrected chi connectivity index (χ2v) is 4.89. The van der Waals surface area contributed by atoms with E-state index in [0.29, 0.717) is 5.56 Å². The Hall–Kier alpha value is -2.65. The summed E-state index contributed by atoms with van der Waals surface area (Å²) in [5.74, 6) is -2.92. The largest absolute Gasteiger partial charge is 0.480 e. The summed E-state index contributed by atoms with van der Waals surface area (Å²) in [5.41, 5.74) is 6.25. The van der Waals surface area contributed by atoms with Crippen LogP contribution in [0.2, 0.25) is 0 Å². The molecule has 0 aliphatic heterocycles. The van der Waals surface area contributed by atoms with Crippen LogP contribution in [0.1, 0.15) is 19.4 Å². The van der Waals surface area contributed by atoms with Gasteiger partial charge in [0.05, 0.1) is 6.04 Å². The van der Waals surface area contributed by atoms with E-state index in [4.69, 9.17) is 20.3 Å². The van der Waals surface area contributed by atoms with Gasteiger partial charge < -0.3 is 25.6 Å². The van der Waals surface area contributed by atoms with Crippen molar-refractivity contribution in [3.63, 3.8) is 0 Å². The number of halogens is 1. The van der Waals surface area contributed by atoms with Gasteiger partial charge in [-0.15, -0.1) is 12.4 Å². The van der Waals surface area contributed by atoms with Gasteiger partial charge in [0, 0.05) is 13.8 Å². The van der Waals surface area contributed by atoms with Gasteiger partial charge in [0.15, 0.2) is 11.5 Å². The number of amides is 1. The average molecular weight is 375 g/mol. The summed E-state index contributed by atoms with van der Waals surface area (Å²) in [7, 11) is 0. The van der Waals surface area contributed by atoms with Crippen LogP contribution in [0, 0.1) is 0 Å². The number of hydrogen-bond acceptors (Lipinski definition) is 7. The zero-order chi connectivity index (χ0) is 18.3. The van der Waals surface area contributed by atoms with Crippen LogP contribution in [0.4, 0.5) is 0 Å². The number of ether oxygens (including phenoxy) is 2. The first kappa shape index (κ1) is 22.4. The predicted octanol–water partition coefficient (Wildman–Crippen LogP) is 0.0296. The van der Waals surface area contributed by atoms with Crippen LogP contribution in [-0.4, -0.2) is 41.5 Å². The first-order valence-electron chi connectivity index (χ1n) is 6.94. The number of nitrogens with two attached hydrogens (primary N) is 1. The fourth-order valence-electron chi connectivity index (χ4n) is 1.79. The summed E-state index contributed by atoms with van der Waals surface area (Å²) in [4.78, 5) is 44.3. The Labute approximate surface area is 149 Å². The first-order valence-corrected chi connectivity index (χ1v) is 6.94. The zero-order valence-corrected chi connectivity index (χ0v) is 14.4. The number of carboxylic acid groups (broad SMARTS) is 1.